The summed E-state index contributed by atoms with van der Waals surface area (Å²) in [6.45, 7) is 7.86. The summed E-state index contributed by atoms with van der Waals surface area (Å²) in [5, 5.41) is 8.88. The van der Waals surface area contributed by atoms with E-state index in [1.807, 2.05) is 13.8 Å². The fourth-order valence-corrected chi connectivity index (χ4v) is 2.46. The largest absolute Gasteiger partial charge is 0.481 e. The summed E-state index contributed by atoms with van der Waals surface area (Å²) in [5.41, 5.74) is 2.43. The maximum absolute atomic E-state index is 10.8. The third-order valence-electron chi connectivity index (χ3n) is 3.19. The normalized spacial score (nSPS) is 11.8. The van der Waals surface area contributed by atoms with Crippen LogP contribution in [0, 0.1) is 12.3 Å². The summed E-state index contributed by atoms with van der Waals surface area (Å²) >= 11 is 0. The molecule has 3 heteroatoms. The number of hydrogen-bond acceptors (Lipinski definition) is 2. The highest BCUT2D eigenvalue weighted by Crippen LogP contribution is 2.21. The number of carboxylic acid groups (broad SMARTS) is 1. The molecule has 0 aliphatic heterocycles. The molecule has 0 aliphatic rings. The van der Waals surface area contributed by atoms with E-state index in [0.717, 1.165) is 19.5 Å². The first-order valence-corrected chi connectivity index (χ1v) is 6.74. The Balaban J connectivity index is 2.43. The van der Waals surface area contributed by atoms with Crippen LogP contribution < -0.4 is 0 Å². The molecule has 1 aromatic rings. The van der Waals surface area contributed by atoms with Gasteiger partial charge in [-0.2, -0.15) is 0 Å². The second-order valence-corrected chi connectivity index (χ2v) is 6.21. The fraction of sp³-hybridized carbons (Fsp3) is 0.562. The van der Waals surface area contributed by atoms with Crippen LogP contribution in [-0.4, -0.2) is 36.1 Å². The van der Waals surface area contributed by atoms with Gasteiger partial charge in [0.15, 0.2) is 0 Å². The number of likely N-dealkylation sites (N-methyl/N-ethyl adjacent to an activating group) is 1. The fourth-order valence-electron chi connectivity index (χ4n) is 2.46. The van der Waals surface area contributed by atoms with E-state index in [4.69, 9.17) is 5.11 Å². The molecule has 0 fully saturated rings. The summed E-state index contributed by atoms with van der Waals surface area (Å²) in [5.74, 6) is -0.725. The minimum absolute atomic E-state index is 0.187. The van der Waals surface area contributed by atoms with Crippen molar-refractivity contribution in [2.45, 2.75) is 33.6 Å². The van der Waals surface area contributed by atoms with Crippen molar-refractivity contribution in [1.82, 2.24) is 4.90 Å². The van der Waals surface area contributed by atoms with Gasteiger partial charge in [-0.05, 0) is 31.4 Å². The predicted octanol–water partition coefficient (Wildman–Crippen LogP) is 2.97. The summed E-state index contributed by atoms with van der Waals surface area (Å²) in [6, 6.07) is 8.53. The molecule has 1 rings (SSSR count). The van der Waals surface area contributed by atoms with Crippen LogP contribution in [0.1, 0.15) is 31.4 Å². The minimum atomic E-state index is -0.725. The van der Waals surface area contributed by atoms with Crippen molar-refractivity contribution in [2.75, 3.05) is 20.1 Å². The number of carbonyl (C=O) groups is 1. The van der Waals surface area contributed by atoms with Crippen LogP contribution in [0.25, 0.3) is 0 Å². The number of benzene rings is 1. The molecule has 0 aliphatic carbocycles. The number of rotatable bonds is 7. The Morgan fingerprint density at radius 1 is 1.37 bits per heavy atom. The zero-order valence-electron chi connectivity index (χ0n) is 12.4. The average Bonchev–Trinajstić information content (AvgIpc) is 2.24. The maximum Gasteiger partial charge on any atom is 0.303 e. The van der Waals surface area contributed by atoms with E-state index in [-0.39, 0.29) is 11.8 Å². The van der Waals surface area contributed by atoms with Gasteiger partial charge in [0.1, 0.15) is 0 Å². The summed E-state index contributed by atoms with van der Waals surface area (Å²) in [4.78, 5) is 13.0. The lowest BCUT2D eigenvalue weighted by atomic mass is 9.89. The molecule has 1 N–H and O–H groups in total. The van der Waals surface area contributed by atoms with Crippen LogP contribution in [0.3, 0.4) is 0 Å². The maximum atomic E-state index is 10.8. The Labute approximate surface area is 116 Å². The van der Waals surface area contributed by atoms with Gasteiger partial charge >= 0.3 is 5.97 Å². The van der Waals surface area contributed by atoms with Crippen molar-refractivity contribution in [1.29, 1.82) is 0 Å². The van der Waals surface area contributed by atoms with E-state index in [1.54, 1.807) is 0 Å². The van der Waals surface area contributed by atoms with Crippen LogP contribution in [0.15, 0.2) is 24.3 Å². The molecule has 0 amide bonds. The molecule has 0 radical (unpaired) electrons. The number of aryl methyl sites for hydroxylation is 1. The van der Waals surface area contributed by atoms with Crippen molar-refractivity contribution < 1.29 is 9.90 Å². The first-order chi connectivity index (χ1) is 8.78. The smallest absolute Gasteiger partial charge is 0.303 e. The van der Waals surface area contributed by atoms with Crippen molar-refractivity contribution in [3.05, 3.63) is 35.4 Å². The first-order valence-electron chi connectivity index (χ1n) is 6.74. The molecule has 106 valence electrons. The van der Waals surface area contributed by atoms with E-state index in [1.165, 1.54) is 11.1 Å². The van der Waals surface area contributed by atoms with E-state index in [9.17, 15) is 4.79 Å². The molecule has 19 heavy (non-hydrogen) atoms. The molecule has 0 unspecified atom stereocenters. The van der Waals surface area contributed by atoms with Gasteiger partial charge in [0, 0.05) is 13.1 Å². The SMILES string of the molecule is Cc1cccc(CCN(C)CC(C)(C)CC(=O)O)c1. The van der Waals surface area contributed by atoms with Crippen LogP contribution in [-0.2, 0) is 11.2 Å². The molecule has 1 aromatic carbocycles. The molecular weight excluding hydrogens is 238 g/mol. The Bertz CT molecular complexity index is 427. The Hall–Kier alpha value is -1.35. The lowest BCUT2D eigenvalue weighted by Gasteiger charge is -2.29. The average molecular weight is 263 g/mol. The van der Waals surface area contributed by atoms with Crippen LogP contribution >= 0.6 is 0 Å². The van der Waals surface area contributed by atoms with E-state index in [0.29, 0.717) is 0 Å². The van der Waals surface area contributed by atoms with Crippen molar-refractivity contribution in [3.8, 4) is 0 Å². The highest BCUT2D eigenvalue weighted by atomic mass is 16.4. The lowest BCUT2D eigenvalue weighted by molar-refractivity contribution is -0.139. The molecule has 0 saturated carbocycles. The summed E-state index contributed by atoms with van der Waals surface area (Å²) in [6.07, 6.45) is 1.21. The van der Waals surface area contributed by atoms with Gasteiger partial charge in [0.25, 0.3) is 0 Å². The highest BCUT2D eigenvalue weighted by molar-refractivity contribution is 5.67. The minimum Gasteiger partial charge on any atom is -0.481 e. The van der Waals surface area contributed by atoms with Gasteiger partial charge in [0.05, 0.1) is 6.42 Å². The molecule has 0 bridgehead atoms. The molecule has 0 spiro atoms. The molecule has 3 nitrogen and oxygen atoms in total. The number of aliphatic carboxylic acids is 1. The first kappa shape index (κ1) is 15.7. The molecule has 0 atom stereocenters. The molecular formula is C16H25NO2. The van der Waals surface area contributed by atoms with Crippen LogP contribution in [0.5, 0.6) is 0 Å². The van der Waals surface area contributed by atoms with Crippen molar-refractivity contribution in [2.24, 2.45) is 5.41 Å². The van der Waals surface area contributed by atoms with E-state index < -0.39 is 5.97 Å². The third kappa shape index (κ3) is 6.39. The van der Waals surface area contributed by atoms with Gasteiger partial charge in [-0.15, -0.1) is 0 Å². The second-order valence-electron chi connectivity index (χ2n) is 6.21. The van der Waals surface area contributed by atoms with Gasteiger partial charge in [0.2, 0.25) is 0 Å². The van der Waals surface area contributed by atoms with Crippen molar-refractivity contribution in [3.63, 3.8) is 0 Å². The number of hydrogen-bond donors (Lipinski definition) is 1. The molecule has 0 saturated heterocycles. The summed E-state index contributed by atoms with van der Waals surface area (Å²) < 4.78 is 0. The Morgan fingerprint density at radius 2 is 2.05 bits per heavy atom. The Kier molecular flexibility index (Phi) is 5.55. The zero-order valence-corrected chi connectivity index (χ0v) is 12.4. The summed E-state index contributed by atoms with van der Waals surface area (Å²) in [7, 11) is 2.05. The zero-order chi connectivity index (χ0) is 14.5. The second kappa shape index (κ2) is 6.71. The molecule has 0 heterocycles. The quantitative estimate of drug-likeness (QED) is 0.822. The van der Waals surface area contributed by atoms with Crippen LogP contribution in [0.2, 0.25) is 0 Å². The Morgan fingerprint density at radius 3 is 2.63 bits per heavy atom. The van der Waals surface area contributed by atoms with Crippen LogP contribution in [0.4, 0.5) is 0 Å². The van der Waals surface area contributed by atoms with Crippen molar-refractivity contribution >= 4 is 5.97 Å². The molecule has 0 aromatic heterocycles. The standard InChI is InChI=1S/C16H25NO2/c1-13-6-5-7-14(10-13)8-9-17(4)12-16(2,3)11-15(18)19/h5-7,10H,8-9,11-12H2,1-4H3,(H,18,19). The van der Waals surface area contributed by atoms with E-state index >= 15 is 0 Å². The van der Waals surface area contributed by atoms with Gasteiger partial charge in [-0.3, -0.25) is 4.79 Å². The van der Waals surface area contributed by atoms with Gasteiger partial charge in [-0.1, -0.05) is 43.7 Å². The highest BCUT2D eigenvalue weighted by Gasteiger charge is 2.23. The topological polar surface area (TPSA) is 40.5 Å². The van der Waals surface area contributed by atoms with E-state index in [2.05, 4.69) is 43.1 Å². The van der Waals surface area contributed by atoms with Gasteiger partial charge in [-0.25, -0.2) is 0 Å². The lowest BCUT2D eigenvalue weighted by Crippen LogP contribution is -2.34. The predicted molar refractivity (Wildman–Crippen MR) is 78.4 cm³/mol. The van der Waals surface area contributed by atoms with Gasteiger partial charge < -0.3 is 10.0 Å². The number of nitrogens with zero attached hydrogens (tertiary/aromatic N) is 1. The monoisotopic (exact) mass is 263 g/mol. The number of carboxylic acids is 1. The third-order valence-corrected chi connectivity index (χ3v) is 3.19.